The average Bonchev–Trinajstić information content (AvgIpc) is 2.29. The molecule has 0 atom stereocenters. The number of amides is 2. The minimum atomic E-state index is 0.0876. The molecule has 1 saturated heterocycles. The summed E-state index contributed by atoms with van der Waals surface area (Å²) in [5, 5.41) is 0. The average molecular weight is 245 g/mol. The van der Waals surface area contributed by atoms with E-state index >= 15 is 0 Å². The molecule has 16 heavy (non-hydrogen) atoms. The highest BCUT2D eigenvalue weighted by atomic mass is 32.2. The first-order valence-corrected chi connectivity index (χ1v) is 6.61. The van der Waals surface area contributed by atoms with Gasteiger partial charge in [-0.2, -0.15) is 11.8 Å². The van der Waals surface area contributed by atoms with Crippen LogP contribution in [0.5, 0.6) is 0 Å². The monoisotopic (exact) mass is 245 g/mol. The molecule has 0 saturated carbocycles. The Kier molecular flexibility index (Phi) is 5.62. The summed E-state index contributed by atoms with van der Waals surface area (Å²) in [5.41, 5.74) is 5.35. The smallest absolute Gasteiger partial charge is 0.232 e. The molecule has 0 aromatic heterocycles. The molecule has 1 fully saturated rings. The summed E-state index contributed by atoms with van der Waals surface area (Å²) in [6.07, 6.45) is 0. The van der Waals surface area contributed by atoms with Gasteiger partial charge < -0.3 is 15.5 Å². The lowest BCUT2D eigenvalue weighted by Crippen LogP contribution is -2.50. The normalized spacial score (nSPS) is 16.4. The number of carbonyl (C=O) groups is 2. The molecule has 0 radical (unpaired) electrons. The van der Waals surface area contributed by atoms with Crippen LogP contribution in [0.1, 0.15) is 6.92 Å². The van der Waals surface area contributed by atoms with Gasteiger partial charge in [-0.25, -0.2) is 0 Å². The minimum absolute atomic E-state index is 0.0876. The Morgan fingerprint density at radius 2 is 1.75 bits per heavy atom. The summed E-state index contributed by atoms with van der Waals surface area (Å²) >= 11 is 1.57. The Morgan fingerprint density at radius 1 is 1.19 bits per heavy atom. The molecule has 5 nitrogen and oxygen atoms in total. The highest BCUT2D eigenvalue weighted by Gasteiger charge is 2.21. The Balaban J connectivity index is 2.25. The van der Waals surface area contributed by atoms with E-state index in [0.29, 0.717) is 38.5 Å². The quantitative estimate of drug-likeness (QED) is 0.670. The Bertz CT molecular complexity index is 252. The molecule has 0 bridgehead atoms. The van der Waals surface area contributed by atoms with Gasteiger partial charge in [0.05, 0.1) is 5.75 Å². The zero-order valence-electron chi connectivity index (χ0n) is 9.65. The molecule has 2 N–H and O–H groups in total. The van der Waals surface area contributed by atoms with E-state index in [9.17, 15) is 9.59 Å². The fourth-order valence-corrected chi connectivity index (χ4v) is 2.27. The number of thioether (sulfide) groups is 1. The Hall–Kier alpha value is -0.750. The van der Waals surface area contributed by atoms with Gasteiger partial charge in [0.25, 0.3) is 0 Å². The van der Waals surface area contributed by atoms with E-state index in [1.165, 1.54) is 0 Å². The number of rotatable bonds is 4. The van der Waals surface area contributed by atoms with Crippen LogP contribution in [-0.4, -0.2) is 65.8 Å². The van der Waals surface area contributed by atoms with Gasteiger partial charge in [0.15, 0.2) is 0 Å². The van der Waals surface area contributed by atoms with Gasteiger partial charge in [0.2, 0.25) is 11.8 Å². The van der Waals surface area contributed by atoms with Crippen molar-refractivity contribution in [3.63, 3.8) is 0 Å². The van der Waals surface area contributed by atoms with Crippen LogP contribution in [0, 0.1) is 0 Å². The molecule has 6 heteroatoms. The molecule has 0 aliphatic carbocycles. The van der Waals surface area contributed by atoms with E-state index in [2.05, 4.69) is 0 Å². The highest BCUT2D eigenvalue weighted by Crippen LogP contribution is 2.06. The number of nitrogens with two attached hydrogens (primary N) is 1. The molecule has 1 aliphatic heterocycles. The predicted octanol–water partition coefficient (Wildman–Crippen LogP) is -0.631. The van der Waals surface area contributed by atoms with E-state index < -0.39 is 0 Å². The number of piperazine rings is 1. The summed E-state index contributed by atoms with van der Waals surface area (Å²) < 4.78 is 0. The van der Waals surface area contributed by atoms with E-state index in [0.717, 1.165) is 5.75 Å². The summed E-state index contributed by atoms with van der Waals surface area (Å²) in [6, 6.07) is 0. The van der Waals surface area contributed by atoms with Gasteiger partial charge in [-0.15, -0.1) is 0 Å². The molecule has 1 aliphatic rings. The van der Waals surface area contributed by atoms with Crippen LogP contribution in [0.4, 0.5) is 0 Å². The van der Waals surface area contributed by atoms with Crippen molar-refractivity contribution in [3.05, 3.63) is 0 Å². The van der Waals surface area contributed by atoms with Crippen LogP contribution in [0.2, 0.25) is 0 Å². The first-order valence-electron chi connectivity index (χ1n) is 5.46. The van der Waals surface area contributed by atoms with Crippen molar-refractivity contribution in [1.82, 2.24) is 9.80 Å². The van der Waals surface area contributed by atoms with Gasteiger partial charge in [-0.3, -0.25) is 9.59 Å². The van der Waals surface area contributed by atoms with Crippen molar-refractivity contribution in [3.8, 4) is 0 Å². The minimum Gasteiger partial charge on any atom is -0.339 e. The second kappa shape index (κ2) is 6.75. The molecule has 2 amide bonds. The van der Waals surface area contributed by atoms with Crippen LogP contribution >= 0.6 is 11.8 Å². The van der Waals surface area contributed by atoms with E-state index in [1.54, 1.807) is 23.6 Å². The summed E-state index contributed by atoms with van der Waals surface area (Å²) in [6.45, 7) is 4.79. The molecule has 1 heterocycles. The van der Waals surface area contributed by atoms with Gasteiger partial charge in [0.1, 0.15) is 0 Å². The first-order chi connectivity index (χ1) is 7.65. The van der Waals surface area contributed by atoms with Gasteiger partial charge >= 0.3 is 0 Å². The largest absolute Gasteiger partial charge is 0.339 e. The Labute approximate surface area is 100 Å². The number of carbonyl (C=O) groups excluding carboxylic acids is 2. The summed E-state index contributed by atoms with van der Waals surface area (Å²) in [5.74, 6) is 1.56. The topological polar surface area (TPSA) is 66.6 Å². The second-order valence-corrected chi connectivity index (χ2v) is 4.83. The number of nitrogens with zero attached hydrogens (tertiary/aromatic N) is 2. The third kappa shape index (κ3) is 4.02. The molecular weight excluding hydrogens is 226 g/mol. The predicted molar refractivity (Wildman–Crippen MR) is 65.2 cm³/mol. The molecule has 0 spiro atoms. The van der Waals surface area contributed by atoms with Crippen molar-refractivity contribution in [2.45, 2.75) is 6.92 Å². The van der Waals surface area contributed by atoms with Crippen LogP contribution < -0.4 is 5.73 Å². The maximum Gasteiger partial charge on any atom is 0.232 e. The van der Waals surface area contributed by atoms with Crippen LogP contribution in [0.3, 0.4) is 0 Å². The molecule has 0 aromatic carbocycles. The van der Waals surface area contributed by atoms with E-state index in [4.69, 9.17) is 5.73 Å². The summed E-state index contributed by atoms with van der Waals surface area (Å²) in [4.78, 5) is 26.4. The zero-order chi connectivity index (χ0) is 12.0. The molecule has 0 aromatic rings. The van der Waals surface area contributed by atoms with Gasteiger partial charge in [-0.1, -0.05) is 0 Å². The van der Waals surface area contributed by atoms with Crippen LogP contribution in [-0.2, 0) is 9.59 Å². The lowest BCUT2D eigenvalue weighted by Gasteiger charge is -2.34. The second-order valence-electron chi connectivity index (χ2n) is 3.73. The van der Waals surface area contributed by atoms with Crippen molar-refractivity contribution in [2.24, 2.45) is 5.73 Å². The SMILES string of the molecule is CC(=O)N1CCN(C(=O)CSCCN)CC1. The van der Waals surface area contributed by atoms with Gasteiger partial charge in [0, 0.05) is 45.4 Å². The molecule has 0 unspecified atom stereocenters. The van der Waals surface area contributed by atoms with Crippen molar-refractivity contribution in [2.75, 3.05) is 44.2 Å². The fraction of sp³-hybridized carbons (Fsp3) is 0.800. The third-order valence-corrected chi connectivity index (χ3v) is 3.54. The molecule has 1 rings (SSSR count). The van der Waals surface area contributed by atoms with Crippen molar-refractivity contribution < 1.29 is 9.59 Å². The van der Waals surface area contributed by atoms with Crippen molar-refractivity contribution in [1.29, 1.82) is 0 Å². The number of hydrogen-bond donors (Lipinski definition) is 1. The van der Waals surface area contributed by atoms with E-state index in [-0.39, 0.29) is 11.8 Å². The first kappa shape index (κ1) is 13.3. The third-order valence-electron chi connectivity index (χ3n) is 2.57. The lowest BCUT2D eigenvalue weighted by atomic mass is 10.3. The van der Waals surface area contributed by atoms with Crippen LogP contribution in [0.15, 0.2) is 0 Å². The zero-order valence-corrected chi connectivity index (χ0v) is 10.5. The number of hydrogen-bond acceptors (Lipinski definition) is 4. The van der Waals surface area contributed by atoms with Gasteiger partial charge in [-0.05, 0) is 0 Å². The molecule has 92 valence electrons. The van der Waals surface area contributed by atoms with E-state index in [1.807, 2.05) is 4.90 Å². The van der Waals surface area contributed by atoms with Crippen molar-refractivity contribution >= 4 is 23.6 Å². The highest BCUT2D eigenvalue weighted by molar-refractivity contribution is 7.99. The summed E-state index contributed by atoms with van der Waals surface area (Å²) in [7, 11) is 0. The molecular formula is C10H19N3O2S. The maximum atomic E-state index is 11.7. The van der Waals surface area contributed by atoms with Crippen LogP contribution in [0.25, 0.3) is 0 Å². The standard InChI is InChI=1S/C10H19N3O2S/c1-9(14)12-3-5-13(6-4-12)10(15)8-16-7-2-11/h2-8,11H2,1H3. The lowest BCUT2D eigenvalue weighted by molar-refractivity contribution is -0.136. The maximum absolute atomic E-state index is 11.7. The fourth-order valence-electron chi connectivity index (χ4n) is 1.60. The Morgan fingerprint density at radius 3 is 2.25 bits per heavy atom.